The van der Waals surface area contributed by atoms with Crippen molar-refractivity contribution in [3.05, 3.63) is 52.5 Å². The molecule has 0 atom stereocenters. The van der Waals surface area contributed by atoms with Crippen LogP contribution in [-0.4, -0.2) is 11.0 Å². The van der Waals surface area contributed by atoms with Crippen LogP contribution in [0.25, 0.3) is 16.5 Å². The first-order chi connectivity index (χ1) is 10.2. The minimum absolute atomic E-state index is 0.221. The molecule has 2 heterocycles. The molecular weight excluding hydrogens is 302 g/mol. The molecule has 3 rings (SSSR count). The summed E-state index contributed by atoms with van der Waals surface area (Å²) in [6, 6.07) is 13.5. The average Bonchev–Trinajstić information content (AvgIpc) is 3.06. The van der Waals surface area contributed by atoms with E-state index < -0.39 is 0 Å². The summed E-state index contributed by atoms with van der Waals surface area (Å²) in [7, 11) is 0. The quantitative estimate of drug-likeness (QED) is 0.661. The fourth-order valence-corrected chi connectivity index (χ4v) is 3.10. The molecule has 1 aromatic carbocycles. The zero-order valence-electron chi connectivity index (χ0n) is 10.7. The maximum absolute atomic E-state index is 11.6. The molecule has 1 aliphatic heterocycles. The lowest BCUT2D eigenvalue weighted by atomic mass is 10.1. The van der Waals surface area contributed by atoms with Gasteiger partial charge in [-0.15, -0.1) is 11.3 Å². The minimum atomic E-state index is -0.221. The molecule has 0 unspecified atom stereocenters. The van der Waals surface area contributed by atoms with Gasteiger partial charge in [0.1, 0.15) is 5.70 Å². The molecule has 0 radical (unpaired) electrons. The van der Waals surface area contributed by atoms with Crippen molar-refractivity contribution in [3.63, 3.8) is 0 Å². The van der Waals surface area contributed by atoms with Crippen LogP contribution in [0.1, 0.15) is 10.4 Å². The summed E-state index contributed by atoms with van der Waals surface area (Å²) in [6.45, 7) is 0. The topological polar surface area (TPSA) is 64.9 Å². The van der Waals surface area contributed by atoms with Crippen molar-refractivity contribution in [3.8, 4) is 16.5 Å². The third-order valence-corrected chi connectivity index (χ3v) is 4.19. The van der Waals surface area contributed by atoms with Gasteiger partial charge in [0.15, 0.2) is 5.11 Å². The van der Waals surface area contributed by atoms with E-state index in [9.17, 15) is 4.79 Å². The van der Waals surface area contributed by atoms with Crippen LogP contribution >= 0.6 is 23.6 Å². The molecule has 21 heavy (non-hydrogen) atoms. The number of benzene rings is 1. The lowest BCUT2D eigenvalue weighted by molar-refractivity contribution is -0.115. The molecule has 0 spiro atoms. The monoisotopic (exact) mass is 311 g/mol. The van der Waals surface area contributed by atoms with Gasteiger partial charge in [-0.25, -0.2) is 0 Å². The Morgan fingerprint density at radius 1 is 1.24 bits per heavy atom. The number of carbonyl (C=O) groups is 1. The third kappa shape index (κ3) is 2.84. The maximum Gasteiger partial charge on any atom is 0.273 e. The summed E-state index contributed by atoms with van der Waals surface area (Å²) >= 11 is 6.43. The Hall–Kier alpha value is -2.49. The van der Waals surface area contributed by atoms with Crippen molar-refractivity contribution in [1.29, 1.82) is 5.26 Å². The second kappa shape index (κ2) is 5.48. The molecule has 1 aliphatic rings. The molecule has 4 nitrogen and oxygen atoms in total. The van der Waals surface area contributed by atoms with E-state index in [4.69, 9.17) is 17.5 Å². The van der Waals surface area contributed by atoms with E-state index in [0.29, 0.717) is 16.4 Å². The molecule has 0 aliphatic carbocycles. The van der Waals surface area contributed by atoms with Crippen LogP contribution in [0.5, 0.6) is 0 Å². The predicted molar refractivity (Wildman–Crippen MR) is 86.3 cm³/mol. The number of thiocarbonyl (C=S) groups is 1. The molecular formula is C15H9N3OS2. The van der Waals surface area contributed by atoms with E-state index in [2.05, 4.69) is 16.7 Å². The summed E-state index contributed by atoms with van der Waals surface area (Å²) in [5.74, 6) is -0.221. The van der Waals surface area contributed by atoms with E-state index >= 15 is 0 Å². The van der Waals surface area contributed by atoms with Crippen LogP contribution in [0.3, 0.4) is 0 Å². The van der Waals surface area contributed by atoms with Crippen molar-refractivity contribution in [2.24, 2.45) is 0 Å². The highest BCUT2D eigenvalue weighted by Gasteiger charge is 2.20. The summed E-state index contributed by atoms with van der Waals surface area (Å²) in [5.41, 5.74) is 2.06. The van der Waals surface area contributed by atoms with Gasteiger partial charge in [-0.2, -0.15) is 5.26 Å². The van der Waals surface area contributed by atoms with Crippen molar-refractivity contribution in [1.82, 2.24) is 10.6 Å². The molecule has 2 aromatic rings. The maximum atomic E-state index is 11.6. The number of amides is 1. The van der Waals surface area contributed by atoms with Crippen LogP contribution in [0.4, 0.5) is 0 Å². The molecule has 0 saturated carbocycles. The van der Waals surface area contributed by atoms with Crippen LogP contribution in [-0.2, 0) is 4.79 Å². The normalized spacial score (nSPS) is 15.7. The fraction of sp³-hybridized carbons (Fsp3) is 0. The zero-order chi connectivity index (χ0) is 14.8. The largest absolute Gasteiger partial charge is 0.328 e. The molecule has 1 fully saturated rings. The van der Waals surface area contributed by atoms with Crippen LogP contribution in [0, 0.1) is 11.3 Å². The van der Waals surface area contributed by atoms with E-state index in [0.717, 1.165) is 15.3 Å². The molecule has 102 valence electrons. The van der Waals surface area contributed by atoms with Gasteiger partial charge < -0.3 is 5.32 Å². The standard InChI is InChI=1S/C15H9N3OS2/c16-8-9-2-1-3-10(6-9)13-5-4-11(21-13)7-12-14(19)18-15(20)17-12/h1-7H,(H2,17,18,19,20). The minimum Gasteiger partial charge on any atom is -0.328 e. The van der Waals surface area contributed by atoms with E-state index in [1.165, 1.54) is 0 Å². The zero-order valence-corrected chi connectivity index (χ0v) is 12.3. The Morgan fingerprint density at radius 3 is 2.81 bits per heavy atom. The first-order valence-electron chi connectivity index (χ1n) is 6.10. The number of thiophene rings is 1. The lowest BCUT2D eigenvalue weighted by Gasteiger charge is -1.97. The molecule has 1 amide bonds. The number of nitrogens with zero attached hydrogens (tertiary/aromatic N) is 1. The smallest absolute Gasteiger partial charge is 0.273 e. The number of nitrogens with one attached hydrogen (secondary N) is 2. The van der Waals surface area contributed by atoms with E-state index in [1.54, 1.807) is 23.5 Å². The Kier molecular flexibility index (Phi) is 3.52. The highest BCUT2D eigenvalue weighted by atomic mass is 32.1. The summed E-state index contributed by atoms with van der Waals surface area (Å²) in [4.78, 5) is 13.6. The third-order valence-electron chi connectivity index (χ3n) is 2.91. The number of hydrogen-bond donors (Lipinski definition) is 2. The van der Waals surface area contributed by atoms with Crippen LogP contribution < -0.4 is 10.6 Å². The number of rotatable bonds is 2. The van der Waals surface area contributed by atoms with Gasteiger partial charge in [0.25, 0.3) is 5.91 Å². The van der Waals surface area contributed by atoms with Gasteiger partial charge in [-0.3, -0.25) is 10.1 Å². The average molecular weight is 311 g/mol. The van der Waals surface area contributed by atoms with Gasteiger partial charge in [0.2, 0.25) is 0 Å². The number of nitriles is 1. The predicted octanol–water partition coefficient (Wildman–Crippen LogP) is 2.63. The number of hydrogen-bond acceptors (Lipinski definition) is 4. The van der Waals surface area contributed by atoms with Crippen LogP contribution in [0.2, 0.25) is 0 Å². The Labute approximate surface area is 130 Å². The fourth-order valence-electron chi connectivity index (χ4n) is 1.95. The second-order valence-corrected chi connectivity index (χ2v) is 5.88. The lowest BCUT2D eigenvalue weighted by Crippen LogP contribution is -2.21. The Bertz CT molecular complexity index is 814. The van der Waals surface area contributed by atoms with Gasteiger partial charge in [0.05, 0.1) is 11.6 Å². The Balaban J connectivity index is 1.90. The van der Waals surface area contributed by atoms with E-state index in [1.807, 2.05) is 30.3 Å². The van der Waals surface area contributed by atoms with Crippen LogP contribution in [0.15, 0.2) is 42.1 Å². The van der Waals surface area contributed by atoms with Gasteiger partial charge >= 0.3 is 0 Å². The highest BCUT2D eigenvalue weighted by Crippen LogP contribution is 2.29. The molecule has 6 heteroatoms. The first kappa shape index (κ1) is 13.5. The van der Waals surface area contributed by atoms with Crippen molar-refractivity contribution in [2.75, 3.05) is 0 Å². The van der Waals surface area contributed by atoms with Crippen molar-refractivity contribution < 1.29 is 4.79 Å². The number of carbonyl (C=O) groups excluding carboxylic acids is 1. The first-order valence-corrected chi connectivity index (χ1v) is 7.32. The highest BCUT2D eigenvalue weighted by molar-refractivity contribution is 7.80. The van der Waals surface area contributed by atoms with Crippen molar-refractivity contribution in [2.45, 2.75) is 0 Å². The van der Waals surface area contributed by atoms with Gasteiger partial charge in [-0.1, -0.05) is 12.1 Å². The summed E-state index contributed by atoms with van der Waals surface area (Å²) in [6.07, 6.45) is 1.76. The summed E-state index contributed by atoms with van der Waals surface area (Å²) in [5, 5.41) is 14.6. The van der Waals surface area contributed by atoms with Gasteiger partial charge in [0, 0.05) is 9.75 Å². The SMILES string of the molecule is N#Cc1cccc(-c2ccc(C=C3NC(=S)NC3=O)s2)c1. The molecule has 2 N–H and O–H groups in total. The van der Waals surface area contributed by atoms with Crippen molar-refractivity contribution >= 4 is 40.7 Å². The molecule has 1 saturated heterocycles. The van der Waals surface area contributed by atoms with E-state index in [-0.39, 0.29) is 5.91 Å². The summed E-state index contributed by atoms with van der Waals surface area (Å²) < 4.78 is 0. The second-order valence-electron chi connectivity index (χ2n) is 4.36. The Morgan fingerprint density at radius 2 is 2.10 bits per heavy atom. The molecule has 0 bridgehead atoms. The van der Waals surface area contributed by atoms with Gasteiger partial charge in [-0.05, 0) is 48.1 Å². The molecule has 1 aromatic heterocycles.